The fraction of sp³-hybridized carbons (Fsp3) is 0.278. The maximum Gasteiger partial charge on any atom is 0.235 e. The summed E-state index contributed by atoms with van der Waals surface area (Å²) in [6.07, 6.45) is 1.51. The highest BCUT2D eigenvalue weighted by Gasteiger charge is 2.51. The van der Waals surface area contributed by atoms with Crippen LogP contribution < -0.4 is 14.8 Å². The number of rotatable bonds is 5. The summed E-state index contributed by atoms with van der Waals surface area (Å²) in [5.41, 5.74) is 0.856. The number of benzene rings is 2. The summed E-state index contributed by atoms with van der Waals surface area (Å²) >= 11 is 0. The molecule has 0 bridgehead atoms. The van der Waals surface area contributed by atoms with Crippen molar-refractivity contribution in [2.45, 2.75) is 18.3 Å². The van der Waals surface area contributed by atoms with Gasteiger partial charge in [0.15, 0.2) is 0 Å². The van der Waals surface area contributed by atoms with Crippen molar-refractivity contribution in [1.29, 1.82) is 0 Å². The molecule has 0 heterocycles. The lowest BCUT2D eigenvalue weighted by atomic mass is 9.95. The van der Waals surface area contributed by atoms with Gasteiger partial charge in [-0.05, 0) is 42.7 Å². The lowest BCUT2D eigenvalue weighted by molar-refractivity contribution is -0.118. The fourth-order valence-electron chi connectivity index (χ4n) is 2.68. The van der Waals surface area contributed by atoms with Crippen molar-refractivity contribution in [3.05, 3.63) is 53.8 Å². The normalized spacial score (nSPS) is 14.9. The van der Waals surface area contributed by atoms with Crippen molar-refractivity contribution < 1.29 is 18.7 Å². The Balaban J connectivity index is 1.83. The van der Waals surface area contributed by atoms with E-state index in [1.54, 1.807) is 37.4 Å². The molecule has 1 aliphatic carbocycles. The first kappa shape index (κ1) is 15.3. The Labute approximate surface area is 134 Å². The van der Waals surface area contributed by atoms with Gasteiger partial charge in [-0.1, -0.05) is 12.1 Å². The Kier molecular flexibility index (Phi) is 3.94. The van der Waals surface area contributed by atoms with E-state index in [9.17, 15) is 9.18 Å². The Hall–Kier alpha value is -2.56. The van der Waals surface area contributed by atoms with Gasteiger partial charge in [-0.15, -0.1) is 0 Å². The summed E-state index contributed by atoms with van der Waals surface area (Å²) in [5, 5.41) is 2.92. The van der Waals surface area contributed by atoms with E-state index in [4.69, 9.17) is 9.47 Å². The van der Waals surface area contributed by atoms with Crippen molar-refractivity contribution in [2.24, 2.45) is 0 Å². The van der Waals surface area contributed by atoms with Crippen LogP contribution >= 0.6 is 0 Å². The SMILES string of the molecule is COc1ccc(NC(=O)C2(c3ccc(F)cc3)CC2)c(OC)c1. The number of carbonyl (C=O) groups excluding carboxylic acids is 1. The highest BCUT2D eigenvalue weighted by molar-refractivity contribution is 6.02. The Bertz CT molecular complexity index is 724. The Morgan fingerprint density at radius 2 is 1.78 bits per heavy atom. The van der Waals surface area contributed by atoms with Gasteiger partial charge in [0.1, 0.15) is 17.3 Å². The van der Waals surface area contributed by atoms with Crippen LogP contribution in [0, 0.1) is 5.82 Å². The van der Waals surface area contributed by atoms with Gasteiger partial charge in [-0.2, -0.15) is 0 Å². The zero-order valence-electron chi connectivity index (χ0n) is 13.1. The van der Waals surface area contributed by atoms with Crippen LogP contribution in [0.3, 0.4) is 0 Å². The summed E-state index contributed by atoms with van der Waals surface area (Å²) in [4.78, 5) is 12.7. The minimum Gasteiger partial charge on any atom is -0.497 e. The number of amides is 1. The van der Waals surface area contributed by atoms with E-state index in [1.807, 2.05) is 0 Å². The van der Waals surface area contributed by atoms with Crippen LogP contribution in [0.2, 0.25) is 0 Å². The van der Waals surface area contributed by atoms with E-state index in [2.05, 4.69) is 5.32 Å². The average molecular weight is 315 g/mol. The van der Waals surface area contributed by atoms with Gasteiger partial charge in [0.2, 0.25) is 5.91 Å². The molecular weight excluding hydrogens is 297 g/mol. The first-order chi connectivity index (χ1) is 11.1. The molecule has 2 aromatic rings. The van der Waals surface area contributed by atoms with Crippen molar-refractivity contribution in [3.63, 3.8) is 0 Å². The molecular formula is C18H18FNO3. The largest absolute Gasteiger partial charge is 0.497 e. The quantitative estimate of drug-likeness (QED) is 0.918. The summed E-state index contributed by atoms with van der Waals surface area (Å²) in [6.45, 7) is 0. The molecule has 0 atom stereocenters. The molecule has 0 unspecified atom stereocenters. The molecule has 3 rings (SSSR count). The van der Waals surface area contributed by atoms with Crippen molar-refractivity contribution in [2.75, 3.05) is 19.5 Å². The van der Waals surface area contributed by atoms with Gasteiger partial charge in [0, 0.05) is 6.07 Å². The van der Waals surface area contributed by atoms with E-state index in [0.717, 1.165) is 18.4 Å². The van der Waals surface area contributed by atoms with Crippen molar-refractivity contribution in [3.8, 4) is 11.5 Å². The van der Waals surface area contributed by atoms with Crippen LogP contribution in [-0.2, 0) is 10.2 Å². The minimum atomic E-state index is -0.571. The lowest BCUT2D eigenvalue weighted by Gasteiger charge is -2.17. The molecule has 1 N–H and O–H groups in total. The molecule has 1 saturated carbocycles. The number of anilines is 1. The number of hydrogen-bond acceptors (Lipinski definition) is 3. The van der Waals surface area contributed by atoms with Gasteiger partial charge >= 0.3 is 0 Å². The molecule has 120 valence electrons. The third-order valence-electron chi connectivity index (χ3n) is 4.24. The van der Waals surface area contributed by atoms with E-state index < -0.39 is 5.41 Å². The molecule has 0 aliphatic heterocycles. The van der Waals surface area contributed by atoms with Crippen LogP contribution in [0.15, 0.2) is 42.5 Å². The smallest absolute Gasteiger partial charge is 0.235 e. The second-order valence-corrected chi connectivity index (χ2v) is 5.61. The summed E-state index contributed by atoms with van der Waals surface area (Å²) in [5.74, 6) is 0.779. The average Bonchev–Trinajstić information content (AvgIpc) is 3.37. The Morgan fingerprint density at radius 1 is 1.09 bits per heavy atom. The summed E-state index contributed by atoms with van der Waals surface area (Å²) < 4.78 is 23.5. The Morgan fingerprint density at radius 3 is 2.35 bits per heavy atom. The van der Waals surface area contributed by atoms with Gasteiger partial charge in [-0.3, -0.25) is 4.79 Å². The summed E-state index contributed by atoms with van der Waals surface area (Å²) in [7, 11) is 3.11. The molecule has 23 heavy (non-hydrogen) atoms. The minimum absolute atomic E-state index is 0.104. The predicted molar refractivity (Wildman–Crippen MR) is 85.5 cm³/mol. The van der Waals surface area contributed by atoms with Gasteiger partial charge in [-0.25, -0.2) is 4.39 Å². The van der Waals surface area contributed by atoms with Crippen LogP contribution in [0.4, 0.5) is 10.1 Å². The van der Waals surface area contributed by atoms with Gasteiger partial charge in [0.05, 0.1) is 25.3 Å². The zero-order chi connectivity index (χ0) is 16.4. The first-order valence-electron chi connectivity index (χ1n) is 7.38. The molecule has 2 aromatic carbocycles. The van der Waals surface area contributed by atoms with Gasteiger partial charge in [0.25, 0.3) is 0 Å². The van der Waals surface area contributed by atoms with Crippen molar-refractivity contribution >= 4 is 11.6 Å². The van der Waals surface area contributed by atoms with Crippen molar-refractivity contribution in [1.82, 2.24) is 0 Å². The molecule has 0 saturated heterocycles. The maximum absolute atomic E-state index is 13.1. The molecule has 4 nitrogen and oxygen atoms in total. The highest BCUT2D eigenvalue weighted by atomic mass is 19.1. The van der Waals surface area contributed by atoms with E-state index >= 15 is 0 Å². The molecule has 0 spiro atoms. The van der Waals surface area contributed by atoms with E-state index in [0.29, 0.717) is 17.2 Å². The maximum atomic E-state index is 13.1. The molecule has 1 amide bonds. The second kappa shape index (κ2) is 5.91. The van der Waals surface area contributed by atoms with Crippen LogP contribution in [0.1, 0.15) is 18.4 Å². The van der Waals surface area contributed by atoms with E-state index in [-0.39, 0.29) is 11.7 Å². The zero-order valence-corrected chi connectivity index (χ0v) is 13.1. The first-order valence-corrected chi connectivity index (χ1v) is 7.38. The van der Waals surface area contributed by atoms with Crippen LogP contribution in [0.5, 0.6) is 11.5 Å². The number of halogens is 1. The molecule has 1 aliphatic rings. The molecule has 0 radical (unpaired) electrons. The number of hydrogen-bond donors (Lipinski definition) is 1. The summed E-state index contributed by atoms with van der Waals surface area (Å²) in [6, 6.07) is 11.3. The number of nitrogens with one attached hydrogen (secondary N) is 1. The number of carbonyl (C=O) groups is 1. The standard InChI is InChI=1S/C18H18FNO3/c1-22-14-7-8-15(16(11-14)23-2)20-17(21)18(9-10-18)12-3-5-13(19)6-4-12/h3-8,11H,9-10H2,1-2H3,(H,20,21). The second-order valence-electron chi connectivity index (χ2n) is 5.61. The van der Waals surface area contributed by atoms with Crippen LogP contribution in [-0.4, -0.2) is 20.1 Å². The monoisotopic (exact) mass is 315 g/mol. The van der Waals surface area contributed by atoms with E-state index in [1.165, 1.54) is 19.2 Å². The molecule has 0 aromatic heterocycles. The third kappa shape index (κ3) is 2.86. The molecule has 1 fully saturated rings. The number of ether oxygens (including phenoxy) is 2. The third-order valence-corrected chi connectivity index (χ3v) is 4.24. The predicted octanol–water partition coefficient (Wildman–Crippen LogP) is 3.51. The number of methoxy groups -OCH3 is 2. The topological polar surface area (TPSA) is 47.6 Å². The highest BCUT2D eigenvalue weighted by Crippen LogP contribution is 2.49. The lowest BCUT2D eigenvalue weighted by Crippen LogP contribution is -2.28. The fourth-order valence-corrected chi connectivity index (χ4v) is 2.68. The molecule has 5 heteroatoms. The van der Waals surface area contributed by atoms with Crippen LogP contribution in [0.25, 0.3) is 0 Å². The van der Waals surface area contributed by atoms with Gasteiger partial charge < -0.3 is 14.8 Å².